The maximum atomic E-state index is 2.53. The smallest absolute Gasteiger partial charge is 0.0350 e. The monoisotopic (exact) mass is 266 g/mol. The number of likely N-dealkylation sites (N-methyl/N-ethyl adjacent to an activating group) is 1. The van der Waals surface area contributed by atoms with Gasteiger partial charge in [0.25, 0.3) is 0 Å². The molecule has 2 fully saturated rings. The molecule has 0 bridgehead atoms. The third kappa shape index (κ3) is 1.42. The molecule has 11 heavy (non-hydrogen) atoms. The molecule has 2 aliphatic rings. The molecule has 1 saturated carbocycles. The molecule has 1 aliphatic carbocycles. The lowest BCUT2D eigenvalue weighted by Gasteiger charge is -2.39. The van der Waals surface area contributed by atoms with Gasteiger partial charge in [0.05, 0.1) is 0 Å². The van der Waals surface area contributed by atoms with Crippen LogP contribution in [0.4, 0.5) is 0 Å². The normalized spacial score (nSPS) is 40.9. The Kier molecular flexibility index (Phi) is 2.39. The van der Waals surface area contributed by atoms with Gasteiger partial charge in [-0.25, -0.2) is 3.11 Å². The van der Waals surface area contributed by atoms with Gasteiger partial charge in [-0.3, -0.25) is 0 Å². The Labute approximate surface area is 82.4 Å². The van der Waals surface area contributed by atoms with Crippen molar-refractivity contribution in [2.24, 2.45) is 0 Å². The van der Waals surface area contributed by atoms with Gasteiger partial charge in [0.2, 0.25) is 0 Å². The molecule has 1 aliphatic heterocycles. The minimum absolute atomic E-state index is 0.856. The van der Waals surface area contributed by atoms with Crippen LogP contribution >= 0.6 is 22.9 Å². The zero-order valence-electron chi connectivity index (χ0n) is 6.96. The highest BCUT2D eigenvalue weighted by atomic mass is 127. The SMILES string of the molecule is CN1CCN(I)C2CCCC21. The maximum absolute atomic E-state index is 2.53. The van der Waals surface area contributed by atoms with Crippen molar-refractivity contribution in [3.8, 4) is 0 Å². The second-order valence-corrected chi connectivity index (χ2v) is 4.91. The third-order valence-corrected chi connectivity index (χ3v) is 4.23. The van der Waals surface area contributed by atoms with Crippen molar-refractivity contribution in [2.45, 2.75) is 31.3 Å². The lowest BCUT2D eigenvalue weighted by molar-refractivity contribution is 0.127. The fourth-order valence-electron chi connectivity index (χ4n) is 2.35. The Hall–Kier alpha value is 0.650. The van der Waals surface area contributed by atoms with E-state index in [-0.39, 0.29) is 0 Å². The average molecular weight is 266 g/mol. The van der Waals surface area contributed by atoms with Crippen LogP contribution in [-0.4, -0.2) is 40.2 Å². The van der Waals surface area contributed by atoms with Gasteiger partial charge in [-0.1, -0.05) is 6.42 Å². The largest absolute Gasteiger partial charge is 0.301 e. The van der Waals surface area contributed by atoms with Gasteiger partial charge < -0.3 is 4.90 Å². The summed E-state index contributed by atoms with van der Waals surface area (Å²) in [5.41, 5.74) is 0. The van der Waals surface area contributed by atoms with E-state index in [1.54, 1.807) is 0 Å². The van der Waals surface area contributed by atoms with Gasteiger partial charge in [0.15, 0.2) is 0 Å². The van der Waals surface area contributed by atoms with E-state index in [0.717, 1.165) is 12.1 Å². The van der Waals surface area contributed by atoms with Gasteiger partial charge in [0.1, 0.15) is 0 Å². The van der Waals surface area contributed by atoms with E-state index in [1.165, 1.54) is 32.4 Å². The summed E-state index contributed by atoms with van der Waals surface area (Å²) in [6.07, 6.45) is 4.26. The van der Waals surface area contributed by atoms with Crippen molar-refractivity contribution in [1.82, 2.24) is 8.01 Å². The molecule has 2 unspecified atom stereocenters. The number of piperazine rings is 1. The molecule has 1 heterocycles. The lowest BCUT2D eigenvalue weighted by Crippen LogP contribution is -2.52. The highest BCUT2D eigenvalue weighted by Gasteiger charge is 2.36. The van der Waals surface area contributed by atoms with Gasteiger partial charge in [0, 0.05) is 48.0 Å². The van der Waals surface area contributed by atoms with Crippen molar-refractivity contribution in [2.75, 3.05) is 20.1 Å². The topological polar surface area (TPSA) is 6.48 Å². The predicted octanol–water partition coefficient (Wildman–Crippen LogP) is 1.50. The summed E-state index contributed by atoms with van der Waals surface area (Å²) >= 11 is 2.49. The van der Waals surface area contributed by atoms with E-state index in [4.69, 9.17) is 0 Å². The van der Waals surface area contributed by atoms with Crippen LogP contribution in [0.3, 0.4) is 0 Å². The van der Waals surface area contributed by atoms with E-state index >= 15 is 0 Å². The quantitative estimate of drug-likeness (QED) is 0.484. The fourth-order valence-corrected chi connectivity index (χ4v) is 3.21. The van der Waals surface area contributed by atoms with Crippen LogP contribution in [0, 0.1) is 0 Å². The minimum atomic E-state index is 0.856. The van der Waals surface area contributed by atoms with Crippen molar-refractivity contribution in [1.29, 1.82) is 0 Å². The van der Waals surface area contributed by atoms with Crippen LogP contribution in [0.25, 0.3) is 0 Å². The van der Waals surface area contributed by atoms with Crippen molar-refractivity contribution >= 4 is 22.9 Å². The second-order valence-electron chi connectivity index (χ2n) is 3.67. The van der Waals surface area contributed by atoms with E-state index in [2.05, 4.69) is 37.9 Å². The summed E-state index contributed by atoms with van der Waals surface area (Å²) in [6, 6.07) is 1.72. The van der Waals surface area contributed by atoms with Crippen molar-refractivity contribution in [3.63, 3.8) is 0 Å². The molecular weight excluding hydrogens is 251 g/mol. The second kappa shape index (κ2) is 3.18. The predicted molar refractivity (Wildman–Crippen MR) is 54.8 cm³/mol. The number of nitrogens with zero attached hydrogens (tertiary/aromatic N) is 2. The molecule has 2 nitrogen and oxygen atoms in total. The number of halogens is 1. The van der Waals surface area contributed by atoms with Crippen LogP contribution in [0.2, 0.25) is 0 Å². The van der Waals surface area contributed by atoms with Gasteiger partial charge in [-0.05, 0) is 19.9 Å². The first-order valence-corrected chi connectivity index (χ1v) is 5.38. The molecule has 1 saturated heterocycles. The Morgan fingerprint density at radius 2 is 1.91 bits per heavy atom. The lowest BCUT2D eigenvalue weighted by atomic mass is 10.1. The number of hydrogen-bond donors (Lipinski definition) is 0. The van der Waals surface area contributed by atoms with Crippen LogP contribution in [0.1, 0.15) is 19.3 Å². The molecule has 0 aromatic rings. The van der Waals surface area contributed by atoms with Crippen molar-refractivity contribution < 1.29 is 0 Å². The summed E-state index contributed by atoms with van der Waals surface area (Å²) in [6.45, 7) is 2.50. The fraction of sp³-hybridized carbons (Fsp3) is 1.00. The van der Waals surface area contributed by atoms with Gasteiger partial charge >= 0.3 is 0 Å². The van der Waals surface area contributed by atoms with E-state index < -0.39 is 0 Å². The van der Waals surface area contributed by atoms with E-state index in [0.29, 0.717) is 0 Å². The molecule has 0 aromatic carbocycles. The molecule has 64 valence electrons. The van der Waals surface area contributed by atoms with Crippen LogP contribution in [-0.2, 0) is 0 Å². The minimum Gasteiger partial charge on any atom is -0.301 e. The Bertz CT molecular complexity index is 135. The molecule has 0 aromatic heterocycles. The summed E-state index contributed by atoms with van der Waals surface area (Å²) in [4.78, 5) is 2.53. The zero-order chi connectivity index (χ0) is 7.84. The van der Waals surface area contributed by atoms with Crippen LogP contribution in [0.5, 0.6) is 0 Å². The van der Waals surface area contributed by atoms with E-state index in [9.17, 15) is 0 Å². The number of hydrogen-bond acceptors (Lipinski definition) is 2. The first-order chi connectivity index (χ1) is 5.29. The standard InChI is InChI=1S/C8H15IN2/c1-10-5-6-11(9)8-4-2-3-7(8)10/h7-8H,2-6H2,1H3. The highest BCUT2D eigenvalue weighted by Crippen LogP contribution is 2.32. The summed E-state index contributed by atoms with van der Waals surface area (Å²) in [5.74, 6) is 0. The molecule has 3 heteroatoms. The molecule has 0 N–H and O–H groups in total. The van der Waals surface area contributed by atoms with Gasteiger partial charge in [-0.15, -0.1) is 0 Å². The zero-order valence-corrected chi connectivity index (χ0v) is 9.12. The number of fused-ring (bicyclic) bond motifs is 1. The molecule has 2 rings (SSSR count). The van der Waals surface area contributed by atoms with Crippen LogP contribution in [0.15, 0.2) is 0 Å². The summed E-state index contributed by atoms with van der Waals surface area (Å²) < 4.78 is 2.51. The Morgan fingerprint density at radius 1 is 1.18 bits per heavy atom. The third-order valence-electron chi connectivity index (χ3n) is 3.04. The molecule has 0 spiro atoms. The Balaban J connectivity index is 2.08. The molecular formula is C8H15IN2. The highest BCUT2D eigenvalue weighted by molar-refractivity contribution is 14.1. The van der Waals surface area contributed by atoms with Crippen LogP contribution < -0.4 is 0 Å². The first kappa shape index (κ1) is 8.26. The van der Waals surface area contributed by atoms with Gasteiger partial charge in [-0.2, -0.15) is 0 Å². The molecule has 2 atom stereocenters. The Morgan fingerprint density at radius 3 is 2.64 bits per heavy atom. The average Bonchev–Trinajstić information content (AvgIpc) is 2.45. The molecule has 0 radical (unpaired) electrons. The van der Waals surface area contributed by atoms with Crippen molar-refractivity contribution in [3.05, 3.63) is 0 Å². The number of rotatable bonds is 0. The first-order valence-electron chi connectivity index (χ1n) is 4.41. The maximum Gasteiger partial charge on any atom is 0.0350 e. The van der Waals surface area contributed by atoms with E-state index in [1.807, 2.05) is 0 Å². The summed E-state index contributed by atoms with van der Waals surface area (Å²) in [7, 11) is 2.27. The summed E-state index contributed by atoms with van der Waals surface area (Å²) in [5, 5.41) is 0. The molecule has 0 amide bonds.